The molecule has 1 heterocycles. The zero-order valence-corrected chi connectivity index (χ0v) is 10.7. The topological polar surface area (TPSA) is 47.0 Å². The summed E-state index contributed by atoms with van der Waals surface area (Å²) in [7, 11) is 0. The van der Waals surface area contributed by atoms with Crippen molar-refractivity contribution in [3.05, 3.63) is 65.0 Å². The van der Waals surface area contributed by atoms with Crippen LogP contribution in [0.3, 0.4) is 0 Å². The van der Waals surface area contributed by atoms with Gasteiger partial charge in [0.25, 0.3) is 5.91 Å². The second kappa shape index (κ2) is 5.00. The zero-order valence-electron chi connectivity index (χ0n) is 10.7. The summed E-state index contributed by atoms with van der Waals surface area (Å²) in [6, 6.07) is 9.94. The lowest BCUT2D eigenvalue weighted by molar-refractivity contribution is -0.688. The van der Waals surface area contributed by atoms with Crippen LogP contribution in [0.2, 0.25) is 0 Å². The molecule has 0 aliphatic heterocycles. The molecule has 18 heavy (non-hydrogen) atoms. The first kappa shape index (κ1) is 12.3. The van der Waals surface area contributed by atoms with E-state index in [-0.39, 0.29) is 0 Å². The molecule has 2 rings (SSSR count). The molecule has 2 N–H and O–H groups in total. The van der Waals surface area contributed by atoms with Gasteiger partial charge >= 0.3 is 0 Å². The first-order valence-electron chi connectivity index (χ1n) is 5.91. The van der Waals surface area contributed by atoms with Gasteiger partial charge in [-0.2, -0.15) is 4.57 Å². The van der Waals surface area contributed by atoms with Crippen molar-refractivity contribution < 1.29 is 9.36 Å². The third-order valence-electron chi connectivity index (χ3n) is 3.00. The van der Waals surface area contributed by atoms with E-state index in [2.05, 4.69) is 32.0 Å². The van der Waals surface area contributed by atoms with Crippen molar-refractivity contribution >= 4 is 5.91 Å². The van der Waals surface area contributed by atoms with Gasteiger partial charge in [-0.15, -0.1) is 0 Å². The van der Waals surface area contributed by atoms with E-state index < -0.39 is 5.91 Å². The Bertz CT molecular complexity index is 591. The quantitative estimate of drug-likeness (QED) is 0.817. The summed E-state index contributed by atoms with van der Waals surface area (Å²) >= 11 is 0. The maximum absolute atomic E-state index is 11.1. The van der Waals surface area contributed by atoms with Crippen LogP contribution in [0.1, 0.15) is 27.0 Å². The number of pyridine rings is 1. The minimum Gasteiger partial charge on any atom is -0.365 e. The summed E-state index contributed by atoms with van der Waals surface area (Å²) < 4.78 is 1.97. The summed E-state index contributed by atoms with van der Waals surface area (Å²) in [5, 5.41) is 0. The molecule has 0 radical (unpaired) electrons. The number of nitrogens with zero attached hydrogens (tertiary/aromatic N) is 1. The second-order valence-corrected chi connectivity index (χ2v) is 4.56. The highest BCUT2D eigenvalue weighted by Crippen LogP contribution is 2.10. The van der Waals surface area contributed by atoms with E-state index in [0.717, 1.165) is 6.54 Å². The minimum absolute atomic E-state index is 0.398. The standard InChI is InChI=1S/C15H16N2O/c1-11-5-6-12(2)14(8-11)10-17-7-3-4-13(9-17)15(16)18/h3-9H,10H2,1-2H3,(H-,16,18)/p+1. The molecule has 1 aromatic carbocycles. The van der Waals surface area contributed by atoms with Crippen LogP contribution >= 0.6 is 0 Å². The number of hydrogen-bond acceptors (Lipinski definition) is 1. The third-order valence-corrected chi connectivity index (χ3v) is 3.00. The average molecular weight is 241 g/mol. The summed E-state index contributed by atoms with van der Waals surface area (Å²) in [6.07, 6.45) is 3.72. The Labute approximate surface area is 107 Å². The van der Waals surface area contributed by atoms with E-state index in [9.17, 15) is 4.79 Å². The highest BCUT2D eigenvalue weighted by Gasteiger charge is 2.09. The van der Waals surface area contributed by atoms with Gasteiger partial charge in [0, 0.05) is 11.6 Å². The van der Waals surface area contributed by atoms with E-state index >= 15 is 0 Å². The van der Waals surface area contributed by atoms with Crippen molar-refractivity contribution in [1.29, 1.82) is 0 Å². The monoisotopic (exact) mass is 241 g/mol. The van der Waals surface area contributed by atoms with Gasteiger partial charge in [0.2, 0.25) is 0 Å². The molecule has 2 aromatic rings. The fourth-order valence-electron chi connectivity index (χ4n) is 1.93. The predicted molar refractivity (Wildman–Crippen MR) is 70.2 cm³/mol. The average Bonchev–Trinajstić information content (AvgIpc) is 2.34. The van der Waals surface area contributed by atoms with Crippen molar-refractivity contribution in [2.75, 3.05) is 0 Å². The van der Waals surface area contributed by atoms with Gasteiger partial charge in [-0.05, 0) is 31.5 Å². The number of rotatable bonds is 3. The molecule has 3 heteroatoms. The zero-order chi connectivity index (χ0) is 13.1. The largest absolute Gasteiger partial charge is 0.365 e. The molecule has 0 bridgehead atoms. The first-order chi connectivity index (χ1) is 8.56. The minimum atomic E-state index is -0.398. The highest BCUT2D eigenvalue weighted by molar-refractivity contribution is 5.92. The SMILES string of the molecule is Cc1ccc(C)c(C[n+]2cccc(C(N)=O)c2)c1. The van der Waals surface area contributed by atoms with Gasteiger partial charge in [0.15, 0.2) is 18.9 Å². The summed E-state index contributed by atoms with van der Waals surface area (Å²) in [5.74, 6) is -0.398. The van der Waals surface area contributed by atoms with E-state index in [1.165, 1.54) is 16.7 Å². The van der Waals surface area contributed by atoms with E-state index in [4.69, 9.17) is 5.73 Å². The highest BCUT2D eigenvalue weighted by atomic mass is 16.1. The van der Waals surface area contributed by atoms with Gasteiger partial charge in [0.05, 0.1) is 0 Å². The van der Waals surface area contributed by atoms with Crippen LogP contribution in [0.25, 0.3) is 0 Å². The van der Waals surface area contributed by atoms with Gasteiger partial charge in [-0.1, -0.05) is 17.7 Å². The summed E-state index contributed by atoms with van der Waals surface area (Å²) in [4.78, 5) is 11.1. The Hall–Kier alpha value is -2.16. The predicted octanol–water partition coefficient (Wildman–Crippen LogP) is 1.74. The van der Waals surface area contributed by atoms with Crippen molar-refractivity contribution in [1.82, 2.24) is 0 Å². The van der Waals surface area contributed by atoms with E-state index in [1.807, 2.05) is 16.8 Å². The molecule has 0 saturated heterocycles. The van der Waals surface area contributed by atoms with Crippen LogP contribution in [-0.4, -0.2) is 5.91 Å². The van der Waals surface area contributed by atoms with E-state index in [1.54, 1.807) is 12.3 Å². The first-order valence-corrected chi connectivity index (χ1v) is 5.91. The Balaban J connectivity index is 2.31. The number of hydrogen-bond donors (Lipinski definition) is 1. The van der Waals surface area contributed by atoms with Crippen molar-refractivity contribution in [3.63, 3.8) is 0 Å². The van der Waals surface area contributed by atoms with Gasteiger partial charge in [-0.3, -0.25) is 4.79 Å². The Kier molecular flexibility index (Phi) is 3.42. The van der Waals surface area contributed by atoms with Gasteiger partial charge < -0.3 is 5.73 Å². The molecule has 1 amide bonds. The smallest absolute Gasteiger partial charge is 0.254 e. The molecular formula is C15H17N2O+. The molecule has 0 aliphatic rings. The lowest BCUT2D eigenvalue weighted by Crippen LogP contribution is -2.35. The number of amides is 1. The van der Waals surface area contributed by atoms with Crippen LogP contribution in [0.5, 0.6) is 0 Å². The normalized spacial score (nSPS) is 10.3. The number of aryl methyl sites for hydroxylation is 2. The molecule has 0 fully saturated rings. The molecule has 0 spiro atoms. The van der Waals surface area contributed by atoms with Crippen molar-refractivity contribution in [2.45, 2.75) is 20.4 Å². The van der Waals surface area contributed by atoms with Crippen molar-refractivity contribution in [2.24, 2.45) is 5.73 Å². The van der Waals surface area contributed by atoms with Crippen LogP contribution in [0.15, 0.2) is 42.7 Å². The van der Waals surface area contributed by atoms with Gasteiger partial charge in [0.1, 0.15) is 5.56 Å². The molecule has 0 saturated carbocycles. The third kappa shape index (κ3) is 2.74. The number of carbonyl (C=O) groups is 1. The molecule has 1 aromatic heterocycles. The van der Waals surface area contributed by atoms with E-state index in [0.29, 0.717) is 5.56 Å². The molecule has 0 aliphatic carbocycles. The molecule has 3 nitrogen and oxygen atoms in total. The number of primary amides is 1. The second-order valence-electron chi connectivity index (χ2n) is 4.56. The molecule has 0 atom stereocenters. The number of nitrogens with two attached hydrogens (primary N) is 1. The Morgan fingerprint density at radius 1 is 1.28 bits per heavy atom. The maximum atomic E-state index is 11.1. The molecule has 0 unspecified atom stereocenters. The molecular weight excluding hydrogens is 224 g/mol. The fourth-order valence-corrected chi connectivity index (χ4v) is 1.93. The Morgan fingerprint density at radius 2 is 2.06 bits per heavy atom. The summed E-state index contributed by atoms with van der Waals surface area (Å²) in [5.41, 5.74) is 9.55. The van der Waals surface area contributed by atoms with Crippen LogP contribution in [-0.2, 0) is 6.54 Å². The molecule has 92 valence electrons. The van der Waals surface area contributed by atoms with Crippen LogP contribution in [0.4, 0.5) is 0 Å². The summed E-state index contributed by atoms with van der Waals surface area (Å²) in [6.45, 7) is 4.91. The number of benzene rings is 1. The van der Waals surface area contributed by atoms with Crippen LogP contribution < -0.4 is 10.3 Å². The Morgan fingerprint density at radius 3 is 2.78 bits per heavy atom. The number of aromatic nitrogens is 1. The lowest BCUT2D eigenvalue weighted by Gasteiger charge is -2.04. The van der Waals surface area contributed by atoms with Gasteiger partial charge in [-0.25, -0.2) is 0 Å². The number of carbonyl (C=O) groups excluding carboxylic acids is 1. The van der Waals surface area contributed by atoms with Crippen LogP contribution in [0, 0.1) is 13.8 Å². The van der Waals surface area contributed by atoms with Crippen molar-refractivity contribution in [3.8, 4) is 0 Å². The maximum Gasteiger partial charge on any atom is 0.254 e. The fraction of sp³-hybridized carbons (Fsp3) is 0.200. The lowest BCUT2D eigenvalue weighted by atomic mass is 10.1.